The fourth-order valence-electron chi connectivity index (χ4n) is 2.20. The van der Waals surface area contributed by atoms with E-state index >= 15 is 0 Å². The van der Waals surface area contributed by atoms with Crippen molar-refractivity contribution in [3.63, 3.8) is 0 Å². The minimum atomic E-state index is -4.28. The van der Waals surface area contributed by atoms with Crippen LogP contribution in [0, 0.1) is 0 Å². The maximum Gasteiger partial charge on any atom is 1.00 e. The summed E-state index contributed by atoms with van der Waals surface area (Å²) in [5, 5.41) is 0. The summed E-state index contributed by atoms with van der Waals surface area (Å²) >= 11 is 0. The molecule has 1 saturated carbocycles. The van der Waals surface area contributed by atoms with Crippen molar-refractivity contribution in [2.75, 3.05) is 0 Å². The largest absolute Gasteiger partial charge is 1.00 e. The van der Waals surface area contributed by atoms with E-state index in [0.717, 1.165) is 36.4 Å². The monoisotopic (exact) mass is 243 g/mol. The molecule has 0 spiro atoms. The topological polar surface area (TPSA) is 60.4 Å². The van der Waals surface area contributed by atoms with Crippen LogP contribution in [-0.4, -0.2) is 29.4 Å². The summed E-state index contributed by atoms with van der Waals surface area (Å²) in [5.41, 5.74) is 0. The second-order valence-corrected chi connectivity index (χ2v) is 5.45. The molecule has 0 unspecified atom stereocenters. The van der Waals surface area contributed by atoms with E-state index in [0.29, 0.717) is 0 Å². The Hall–Kier alpha value is 0.870. The van der Waals surface area contributed by atoms with E-state index in [4.69, 9.17) is 0 Å². The van der Waals surface area contributed by atoms with Gasteiger partial charge in [0.1, 0.15) is 0 Å². The fourth-order valence-corrected chi connectivity index (χ4v) is 3.29. The van der Waals surface area contributed by atoms with Gasteiger partial charge in [0, 0.05) is 12.1 Å². The summed E-state index contributed by atoms with van der Waals surface area (Å²) in [6.45, 7) is 3.51. The average Bonchev–Trinajstić information content (AvgIpc) is 2.02. The molecule has 0 atom stereocenters. The molecule has 0 aromatic heterocycles. The first kappa shape index (κ1) is 15.9. The van der Waals surface area contributed by atoms with Gasteiger partial charge >= 0.3 is 29.6 Å². The molecule has 0 aliphatic heterocycles. The van der Waals surface area contributed by atoms with E-state index in [2.05, 4.69) is 0 Å². The molecule has 0 N–H and O–H groups in total. The minimum absolute atomic E-state index is 0. The third kappa shape index (κ3) is 4.71. The van der Waals surface area contributed by atoms with E-state index in [1.807, 2.05) is 0 Å². The Kier molecular flexibility index (Phi) is 6.95. The Morgan fingerprint density at radius 2 is 1.67 bits per heavy atom. The normalized spacial score (nSPS) is 19.3. The summed E-state index contributed by atoms with van der Waals surface area (Å²) < 4.78 is 34.3. The van der Waals surface area contributed by atoms with E-state index in [-0.39, 0.29) is 41.6 Å². The quantitative estimate of drug-likeness (QED) is 0.447. The molecule has 0 aromatic carbocycles. The van der Waals surface area contributed by atoms with Crippen LogP contribution >= 0.6 is 0 Å². The molecule has 0 heterocycles. The molecule has 84 valence electrons. The first-order valence-electron chi connectivity index (χ1n) is 5.17. The Labute approximate surface area is 115 Å². The molecule has 6 heteroatoms. The van der Waals surface area contributed by atoms with Crippen LogP contribution < -0.4 is 29.6 Å². The Morgan fingerprint density at radius 3 is 2.00 bits per heavy atom. The maximum absolute atomic E-state index is 11.0. The average molecular weight is 243 g/mol. The van der Waals surface area contributed by atoms with E-state index in [9.17, 15) is 13.0 Å². The zero-order valence-corrected chi connectivity index (χ0v) is 12.6. The fraction of sp³-hybridized carbons (Fsp3) is 1.00. The molecule has 0 radical (unpaired) electrons. The second kappa shape index (κ2) is 6.57. The standard InChI is InChI=1S/C9H19NO3S.Na/c1-8(2)10(14(11,12)13)9-6-4-3-5-7-9;/h8-9H,3-7H2,1-2H3,(H,11,12,13);/q;+1/p-1. The van der Waals surface area contributed by atoms with Crippen LogP contribution in [0.2, 0.25) is 0 Å². The van der Waals surface area contributed by atoms with E-state index < -0.39 is 10.3 Å². The van der Waals surface area contributed by atoms with Crippen molar-refractivity contribution in [3.05, 3.63) is 0 Å². The Bertz CT molecular complexity index is 273. The van der Waals surface area contributed by atoms with Crippen molar-refractivity contribution in [1.82, 2.24) is 4.31 Å². The van der Waals surface area contributed by atoms with Gasteiger partial charge in [-0.3, -0.25) is 0 Å². The number of hydrogen-bond acceptors (Lipinski definition) is 3. The molecular formula is C9H18NNaO3S. The van der Waals surface area contributed by atoms with Crippen LogP contribution in [0.25, 0.3) is 0 Å². The Balaban J connectivity index is 0.00000196. The van der Waals surface area contributed by atoms with Gasteiger partial charge in [-0.25, -0.2) is 12.7 Å². The van der Waals surface area contributed by atoms with Crippen molar-refractivity contribution in [3.8, 4) is 0 Å². The van der Waals surface area contributed by atoms with Crippen molar-refractivity contribution in [1.29, 1.82) is 0 Å². The summed E-state index contributed by atoms with van der Waals surface area (Å²) in [5.74, 6) is 0. The van der Waals surface area contributed by atoms with Crippen LogP contribution in [0.1, 0.15) is 46.0 Å². The van der Waals surface area contributed by atoms with Crippen LogP contribution in [0.4, 0.5) is 0 Å². The molecule has 1 aliphatic carbocycles. The van der Waals surface area contributed by atoms with Gasteiger partial charge in [0.25, 0.3) is 0 Å². The predicted octanol–water partition coefficient (Wildman–Crippen LogP) is -1.51. The van der Waals surface area contributed by atoms with Gasteiger partial charge in [-0.2, -0.15) is 0 Å². The van der Waals surface area contributed by atoms with Crippen molar-refractivity contribution >= 4 is 10.3 Å². The molecular weight excluding hydrogens is 225 g/mol. The predicted molar refractivity (Wildman–Crippen MR) is 53.5 cm³/mol. The summed E-state index contributed by atoms with van der Waals surface area (Å²) in [6, 6.07) is -0.285. The van der Waals surface area contributed by atoms with Crippen LogP contribution in [0.3, 0.4) is 0 Å². The molecule has 15 heavy (non-hydrogen) atoms. The van der Waals surface area contributed by atoms with E-state index in [1.165, 1.54) is 0 Å². The van der Waals surface area contributed by atoms with Gasteiger partial charge in [0.15, 0.2) is 10.3 Å². The summed E-state index contributed by atoms with van der Waals surface area (Å²) in [7, 11) is -4.28. The summed E-state index contributed by atoms with van der Waals surface area (Å²) in [4.78, 5) is 0. The molecule has 0 saturated heterocycles. The van der Waals surface area contributed by atoms with Gasteiger partial charge in [-0.1, -0.05) is 19.3 Å². The third-order valence-electron chi connectivity index (χ3n) is 2.70. The zero-order valence-electron chi connectivity index (χ0n) is 9.77. The van der Waals surface area contributed by atoms with Crippen molar-refractivity contribution in [2.45, 2.75) is 58.0 Å². The molecule has 1 rings (SSSR count). The summed E-state index contributed by atoms with van der Waals surface area (Å²) in [6.07, 6.45) is 4.88. The van der Waals surface area contributed by atoms with Gasteiger partial charge in [0.05, 0.1) is 0 Å². The first-order chi connectivity index (χ1) is 6.43. The smallest absolute Gasteiger partial charge is 0.735 e. The number of hydrogen-bond donors (Lipinski definition) is 0. The zero-order chi connectivity index (χ0) is 10.8. The van der Waals surface area contributed by atoms with Crippen LogP contribution in [0.15, 0.2) is 0 Å². The second-order valence-electron chi connectivity index (χ2n) is 4.17. The van der Waals surface area contributed by atoms with Crippen molar-refractivity contribution in [2.24, 2.45) is 0 Å². The third-order valence-corrected chi connectivity index (χ3v) is 3.94. The van der Waals surface area contributed by atoms with Gasteiger partial charge in [-0.05, 0) is 26.7 Å². The van der Waals surface area contributed by atoms with E-state index in [1.54, 1.807) is 13.8 Å². The molecule has 0 amide bonds. The van der Waals surface area contributed by atoms with Crippen LogP contribution in [0.5, 0.6) is 0 Å². The molecule has 1 fully saturated rings. The number of rotatable bonds is 3. The van der Waals surface area contributed by atoms with Gasteiger partial charge in [-0.15, -0.1) is 0 Å². The van der Waals surface area contributed by atoms with Gasteiger partial charge < -0.3 is 4.55 Å². The maximum atomic E-state index is 11.0. The number of nitrogens with zero attached hydrogens (tertiary/aromatic N) is 1. The molecule has 1 aliphatic rings. The van der Waals surface area contributed by atoms with Crippen molar-refractivity contribution < 1.29 is 42.5 Å². The first-order valence-corrected chi connectivity index (χ1v) is 6.54. The van der Waals surface area contributed by atoms with Gasteiger partial charge in [0.2, 0.25) is 0 Å². The minimum Gasteiger partial charge on any atom is -0.735 e. The molecule has 0 bridgehead atoms. The van der Waals surface area contributed by atoms with Crippen LogP contribution in [-0.2, 0) is 10.3 Å². The molecule has 4 nitrogen and oxygen atoms in total. The Morgan fingerprint density at radius 1 is 1.20 bits per heavy atom. The molecule has 0 aromatic rings. The SMILES string of the molecule is CC(C)N(C1CCCCC1)S(=O)(=O)[O-].[Na+].